The van der Waals surface area contributed by atoms with Gasteiger partial charge in [-0.15, -0.1) is 0 Å². The van der Waals surface area contributed by atoms with Gasteiger partial charge in [0.25, 0.3) is 17.7 Å². The molecule has 1 fully saturated rings. The zero-order valence-electron chi connectivity index (χ0n) is 15.0. The van der Waals surface area contributed by atoms with Crippen molar-refractivity contribution in [3.8, 4) is 0 Å². The topological polar surface area (TPSA) is 84.0 Å². The van der Waals surface area contributed by atoms with Gasteiger partial charge in [-0.3, -0.25) is 19.3 Å². The largest absolute Gasteiger partial charge is 0.452 e. The van der Waals surface area contributed by atoms with Gasteiger partial charge < -0.3 is 9.64 Å². The lowest BCUT2D eigenvalue weighted by molar-refractivity contribution is -0.131. The standard InChI is InChI=1S/C19H22N2O5/c1-20(2)16(22)11-26-19(25)12-8-9-14-15(10-12)18(24)21(17(14)23)13-6-4-3-5-7-13/h8-10,13H,3-7,11H2,1-2H3. The molecule has 0 aromatic heterocycles. The molecule has 7 nitrogen and oxygen atoms in total. The Morgan fingerprint density at radius 2 is 1.73 bits per heavy atom. The lowest BCUT2D eigenvalue weighted by Gasteiger charge is -2.29. The van der Waals surface area contributed by atoms with Crippen LogP contribution >= 0.6 is 0 Å². The van der Waals surface area contributed by atoms with E-state index in [1.165, 1.54) is 28.0 Å². The monoisotopic (exact) mass is 358 g/mol. The van der Waals surface area contributed by atoms with Crippen LogP contribution in [0.3, 0.4) is 0 Å². The highest BCUT2D eigenvalue weighted by atomic mass is 16.5. The van der Waals surface area contributed by atoms with Crippen molar-refractivity contribution in [3.05, 3.63) is 34.9 Å². The summed E-state index contributed by atoms with van der Waals surface area (Å²) in [6.45, 7) is -0.371. The highest BCUT2D eigenvalue weighted by Crippen LogP contribution is 2.31. The average Bonchev–Trinajstić information content (AvgIpc) is 2.90. The summed E-state index contributed by atoms with van der Waals surface area (Å²) in [7, 11) is 3.13. The number of ether oxygens (including phenoxy) is 1. The third kappa shape index (κ3) is 3.34. The average molecular weight is 358 g/mol. The molecule has 0 saturated heterocycles. The van der Waals surface area contributed by atoms with Gasteiger partial charge >= 0.3 is 5.97 Å². The number of imide groups is 1. The van der Waals surface area contributed by atoms with Gasteiger partial charge in [-0.25, -0.2) is 4.79 Å². The second-order valence-electron chi connectivity index (χ2n) is 6.90. The SMILES string of the molecule is CN(C)C(=O)COC(=O)c1ccc2c(c1)C(=O)N(C1CCCCC1)C2=O. The van der Waals surface area contributed by atoms with Gasteiger partial charge in [0, 0.05) is 20.1 Å². The number of esters is 1. The summed E-state index contributed by atoms with van der Waals surface area (Å²) in [6.07, 6.45) is 4.80. The Morgan fingerprint density at radius 3 is 2.38 bits per heavy atom. The lowest BCUT2D eigenvalue weighted by Crippen LogP contribution is -2.40. The highest BCUT2D eigenvalue weighted by Gasteiger charge is 2.40. The summed E-state index contributed by atoms with van der Waals surface area (Å²) in [5.41, 5.74) is 0.706. The molecule has 26 heavy (non-hydrogen) atoms. The van der Waals surface area contributed by atoms with Crippen molar-refractivity contribution in [2.75, 3.05) is 20.7 Å². The van der Waals surface area contributed by atoms with Gasteiger partial charge in [-0.2, -0.15) is 0 Å². The van der Waals surface area contributed by atoms with E-state index in [1.807, 2.05) is 0 Å². The van der Waals surface area contributed by atoms with E-state index in [0.29, 0.717) is 5.56 Å². The second-order valence-corrected chi connectivity index (χ2v) is 6.90. The van der Waals surface area contributed by atoms with Crippen molar-refractivity contribution in [1.29, 1.82) is 0 Å². The van der Waals surface area contributed by atoms with Gasteiger partial charge in [0.1, 0.15) is 0 Å². The van der Waals surface area contributed by atoms with Crippen molar-refractivity contribution >= 4 is 23.7 Å². The number of fused-ring (bicyclic) bond motifs is 1. The molecule has 3 rings (SSSR count). The Kier molecular flexibility index (Phi) is 5.06. The molecule has 0 bridgehead atoms. The van der Waals surface area contributed by atoms with Crippen LogP contribution in [0.15, 0.2) is 18.2 Å². The molecule has 1 aliphatic heterocycles. The molecular formula is C19H22N2O5. The van der Waals surface area contributed by atoms with E-state index in [2.05, 4.69) is 0 Å². The second kappa shape index (κ2) is 7.27. The minimum absolute atomic E-state index is 0.0655. The van der Waals surface area contributed by atoms with Crippen LogP contribution in [-0.2, 0) is 9.53 Å². The number of carbonyl (C=O) groups is 4. The Balaban J connectivity index is 1.76. The zero-order valence-corrected chi connectivity index (χ0v) is 15.0. The summed E-state index contributed by atoms with van der Waals surface area (Å²) >= 11 is 0. The van der Waals surface area contributed by atoms with Crippen LogP contribution in [0.1, 0.15) is 63.2 Å². The van der Waals surface area contributed by atoms with Crippen LogP contribution in [-0.4, -0.2) is 60.2 Å². The van der Waals surface area contributed by atoms with E-state index in [-0.39, 0.29) is 41.5 Å². The van der Waals surface area contributed by atoms with Crippen molar-refractivity contribution in [2.45, 2.75) is 38.1 Å². The van der Waals surface area contributed by atoms with E-state index in [4.69, 9.17) is 4.74 Å². The molecule has 0 spiro atoms. The van der Waals surface area contributed by atoms with Crippen molar-refractivity contribution in [1.82, 2.24) is 9.80 Å². The normalized spacial score (nSPS) is 17.2. The number of rotatable bonds is 4. The minimum atomic E-state index is -0.695. The smallest absolute Gasteiger partial charge is 0.338 e. The fraction of sp³-hybridized carbons (Fsp3) is 0.474. The number of carbonyl (C=O) groups excluding carboxylic acids is 4. The summed E-state index contributed by atoms with van der Waals surface area (Å²) in [4.78, 5) is 51.7. The number of likely N-dealkylation sites (N-methyl/N-ethyl adjacent to an activating group) is 1. The van der Waals surface area contributed by atoms with Crippen LogP contribution in [0.25, 0.3) is 0 Å². The quantitative estimate of drug-likeness (QED) is 0.606. The molecule has 0 atom stereocenters. The predicted octanol–water partition coefficient (Wildman–Crippen LogP) is 1.86. The summed E-state index contributed by atoms with van der Waals surface area (Å²) < 4.78 is 4.98. The lowest BCUT2D eigenvalue weighted by atomic mass is 9.94. The summed E-state index contributed by atoms with van der Waals surface area (Å²) in [5.74, 6) is -1.68. The molecule has 0 radical (unpaired) electrons. The number of nitrogens with zero attached hydrogens (tertiary/aromatic N) is 2. The molecule has 2 aliphatic rings. The first-order valence-electron chi connectivity index (χ1n) is 8.79. The molecule has 0 unspecified atom stereocenters. The minimum Gasteiger partial charge on any atom is -0.452 e. The van der Waals surface area contributed by atoms with Crippen LogP contribution in [0.2, 0.25) is 0 Å². The maximum Gasteiger partial charge on any atom is 0.338 e. The van der Waals surface area contributed by atoms with Gasteiger partial charge in [-0.05, 0) is 31.0 Å². The Morgan fingerprint density at radius 1 is 1.08 bits per heavy atom. The molecule has 1 aliphatic carbocycles. The predicted molar refractivity (Wildman–Crippen MR) is 92.8 cm³/mol. The Bertz CT molecular complexity index is 765. The number of hydrogen-bond acceptors (Lipinski definition) is 5. The molecule has 1 aromatic rings. The van der Waals surface area contributed by atoms with Crippen LogP contribution in [0.4, 0.5) is 0 Å². The number of amides is 3. The number of hydrogen-bond donors (Lipinski definition) is 0. The van der Waals surface area contributed by atoms with Gasteiger partial charge in [0.15, 0.2) is 6.61 Å². The van der Waals surface area contributed by atoms with Gasteiger partial charge in [0.05, 0.1) is 16.7 Å². The third-order valence-corrected chi connectivity index (χ3v) is 4.92. The maximum atomic E-state index is 12.7. The van der Waals surface area contributed by atoms with E-state index >= 15 is 0 Å². The molecule has 1 saturated carbocycles. The zero-order chi connectivity index (χ0) is 18.8. The summed E-state index contributed by atoms with van der Waals surface area (Å²) in [5, 5.41) is 0. The fourth-order valence-electron chi connectivity index (χ4n) is 3.40. The van der Waals surface area contributed by atoms with E-state index in [0.717, 1.165) is 32.1 Å². The van der Waals surface area contributed by atoms with E-state index in [9.17, 15) is 19.2 Å². The maximum absolute atomic E-state index is 12.7. The third-order valence-electron chi connectivity index (χ3n) is 4.92. The van der Waals surface area contributed by atoms with Crippen molar-refractivity contribution in [3.63, 3.8) is 0 Å². The Labute approximate surface area is 151 Å². The molecule has 3 amide bonds. The molecule has 1 heterocycles. The van der Waals surface area contributed by atoms with Gasteiger partial charge in [0.2, 0.25) is 0 Å². The summed E-state index contributed by atoms with van der Waals surface area (Å²) in [6, 6.07) is 4.27. The first-order valence-corrected chi connectivity index (χ1v) is 8.79. The van der Waals surface area contributed by atoms with Crippen molar-refractivity contribution < 1.29 is 23.9 Å². The van der Waals surface area contributed by atoms with E-state index < -0.39 is 5.97 Å². The fourth-order valence-corrected chi connectivity index (χ4v) is 3.40. The number of benzene rings is 1. The molecule has 7 heteroatoms. The van der Waals surface area contributed by atoms with Crippen LogP contribution in [0.5, 0.6) is 0 Å². The first kappa shape index (κ1) is 18.1. The van der Waals surface area contributed by atoms with Crippen LogP contribution < -0.4 is 0 Å². The van der Waals surface area contributed by atoms with Crippen LogP contribution in [0, 0.1) is 0 Å². The first-order chi connectivity index (χ1) is 12.4. The molecule has 0 N–H and O–H groups in total. The highest BCUT2D eigenvalue weighted by molar-refractivity contribution is 6.22. The molecule has 138 valence electrons. The Hall–Kier alpha value is -2.70. The van der Waals surface area contributed by atoms with Crippen molar-refractivity contribution in [2.24, 2.45) is 0 Å². The molecular weight excluding hydrogens is 336 g/mol. The molecule has 1 aromatic carbocycles. The van der Waals surface area contributed by atoms with Gasteiger partial charge in [-0.1, -0.05) is 19.3 Å². The van der Waals surface area contributed by atoms with E-state index in [1.54, 1.807) is 14.1 Å².